The Kier molecular flexibility index (Phi) is 1.65. The number of rotatable bonds is 1. The summed E-state index contributed by atoms with van der Waals surface area (Å²) in [7, 11) is 0. The normalized spacial score (nSPS) is 10.8. The Labute approximate surface area is 72.6 Å². The van der Waals surface area contributed by atoms with Crippen molar-refractivity contribution in [1.29, 1.82) is 0 Å². The Morgan fingerprint density at radius 3 is 2.83 bits per heavy atom. The Hall–Kier alpha value is -1.24. The van der Waals surface area contributed by atoms with Crippen LogP contribution in [0.1, 0.15) is 18.1 Å². The standard InChI is InChI=1S/C11H13N/c1-3-10-4-5-11-6-9(2)7-12(11)8-10/h4-8H,3H2,1-2H3. The Bertz CT molecular complexity index is 398. The lowest BCUT2D eigenvalue weighted by atomic mass is 10.2. The maximum atomic E-state index is 2.20. The highest BCUT2D eigenvalue weighted by molar-refractivity contribution is 5.50. The molecule has 0 saturated carbocycles. The molecule has 62 valence electrons. The zero-order chi connectivity index (χ0) is 8.55. The third-order valence-corrected chi connectivity index (χ3v) is 2.20. The Balaban J connectivity index is 2.66. The molecule has 0 bridgehead atoms. The van der Waals surface area contributed by atoms with Gasteiger partial charge >= 0.3 is 0 Å². The number of nitrogens with zero attached hydrogens (tertiary/aromatic N) is 1. The molecule has 0 aliphatic heterocycles. The SMILES string of the molecule is CCc1ccc2cc(C)cn2c1. The summed E-state index contributed by atoms with van der Waals surface area (Å²) in [5.41, 5.74) is 3.99. The molecule has 0 saturated heterocycles. The summed E-state index contributed by atoms with van der Waals surface area (Å²) in [6, 6.07) is 6.56. The molecule has 2 rings (SSSR count). The first-order valence-electron chi connectivity index (χ1n) is 4.37. The van der Waals surface area contributed by atoms with Crippen LogP contribution in [-0.4, -0.2) is 4.40 Å². The van der Waals surface area contributed by atoms with E-state index in [1.165, 1.54) is 16.6 Å². The zero-order valence-corrected chi connectivity index (χ0v) is 7.54. The topological polar surface area (TPSA) is 4.41 Å². The minimum Gasteiger partial charge on any atom is -0.323 e. The quantitative estimate of drug-likeness (QED) is 0.602. The highest BCUT2D eigenvalue weighted by Gasteiger charge is 1.95. The van der Waals surface area contributed by atoms with Crippen LogP contribution in [0.2, 0.25) is 0 Å². The zero-order valence-electron chi connectivity index (χ0n) is 7.54. The fourth-order valence-electron chi connectivity index (χ4n) is 1.51. The number of hydrogen-bond acceptors (Lipinski definition) is 0. The fraction of sp³-hybridized carbons (Fsp3) is 0.273. The lowest BCUT2D eigenvalue weighted by Crippen LogP contribution is -1.85. The first-order chi connectivity index (χ1) is 5.79. The summed E-state index contributed by atoms with van der Waals surface area (Å²) >= 11 is 0. The predicted molar refractivity (Wildman–Crippen MR) is 51.5 cm³/mol. The van der Waals surface area contributed by atoms with E-state index in [0.717, 1.165) is 6.42 Å². The van der Waals surface area contributed by atoms with Crippen LogP contribution in [0.25, 0.3) is 5.52 Å². The van der Waals surface area contributed by atoms with E-state index in [9.17, 15) is 0 Å². The second-order valence-electron chi connectivity index (χ2n) is 3.24. The minimum atomic E-state index is 1.10. The summed E-state index contributed by atoms with van der Waals surface area (Å²) in [6.07, 6.45) is 5.46. The van der Waals surface area contributed by atoms with Gasteiger partial charge < -0.3 is 4.40 Å². The van der Waals surface area contributed by atoms with E-state index in [4.69, 9.17) is 0 Å². The molecule has 2 aromatic rings. The van der Waals surface area contributed by atoms with Crippen molar-refractivity contribution in [2.45, 2.75) is 20.3 Å². The van der Waals surface area contributed by atoms with Crippen molar-refractivity contribution in [3.05, 3.63) is 41.7 Å². The Morgan fingerprint density at radius 1 is 1.25 bits per heavy atom. The van der Waals surface area contributed by atoms with E-state index in [0.29, 0.717) is 0 Å². The van der Waals surface area contributed by atoms with Gasteiger partial charge in [0.2, 0.25) is 0 Å². The van der Waals surface area contributed by atoms with Crippen LogP contribution in [0.3, 0.4) is 0 Å². The number of hydrogen-bond donors (Lipinski definition) is 0. The number of aryl methyl sites for hydroxylation is 2. The van der Waals surface area contributed by atoms with Crippen molar-refractivity contribution < 1.29 is 0 Å². The molecule has 0 radical (unpaired) electrons. The van der Waals surface area contributed by atoms with Crippen molar-refractivity contribution in [3.8, 4) is 0 Å². The van der Waals surface area contributed by atoms with E-state index in [-0.39, 0.29) is 0 Å². The van der Waals surface area contributed by atoms with Gasteiger partial charge in [0.1, 0.15) is 0 Å². The summed E-state index contributed by atoms with van der Waals surface area (Å²) in [4.78, 5) is 0. The molecule has 0 N–H and O–H groups in total. The van der Waals surface area contributed by atoms with Gasteiger partial charge in [-0.3, -0.25) is 0 Å². The lowest BCUT2D eigenvalue weighted by molar-refractivity contribution is 1.07. The molecule has 12 heavy (non-hydrogen) atoms. The lowest BCUT2D eigenvalue weighted by Gasteiger charge is -1.97. The van der Waals surface area contributed by atoms with E-state index < -0.39 is 0 Å². The van der Waals surface area contributed by atoms with Gasteiger partial charge in [0.15, 0.2) is 0 Å². The Morgan fingerprint density at radius 2 is 2.08 bits per heavy atom. The van der Waals surface area contributed by atoms with Crippen LogP contribution < -0.4 is 0 Å². The van der Waals surface area contributed by atoms with Crippen LogP contribution in [-0.2, 0) is 6.42 Å². The monoisotopic (exact) mass is 159 g/mol. The highest BCUT2D eigenvalue weighted by atomic mass is 14.8. The van der Waals surface area contributed by atoms with Gasteiger partial charge in [0.05, 0.1) is 0 Å². The highest BCUT2D eigenvalue weighted by Crippen LogP contribution is 2.10. The third-order valence-electron chi connectivity index (χ3n) is 2.20. The van der Waals surface area contributed by atoms with Crippen molar-refractivity contribution >= 4 is 5.52 Å². The maximum absolute atomic E-state index is 2.20. The molecule has 0 aliphatic carbocycles. The predicted octanol–water partition coefficient (Wildman–Crippen LogP) is 2.81. The summed E-state index contributed by atoms with van der Waals surface area (Å²) in [6.45, 7) is 4.30. The molecule has 0 unspecified atom stereocenters. The van der Waals surface area contributed by atoms with Gasteiger partial charge in [-0.2, -0.15) is 0 Å². The van der Waals surface area contributed by atoms with Crippen LogP contribution in [0.15, 0.2) is 30.6 Å². The van der Waals surface area contributed by atoms with E-state index in [1.54, 1.807) is 0 Å². The first kappa shape index (κ1) is 7.41. The second-order valence-corrected chi connectivity index (χ2v) is 3.24. The van der Waals surface area contributed by atoms with Gasteiger partial charge in [-0.1, -0.05) is 13.0 Å². The average molecular weight is 159 g/mol. The molecule has 0 fully saturated rings. The largest absolute Gasteiger partial charge is 0.323 e. The smallest absolute Gasteiger partial charge is 0.0452 e. The number of pyridine rings is 1. The molecular weight excluding hydrogens is 146 g/mol. The molecule has 2 heterocycles. The molecule has 0 atom stereocenters. The first-order valence-corrected chi connectivity index (χ1v) is 4.37. The molecule has 0 amide bonds. The van der Waals surface area contributed by atoms with Gasteiger partial charge in [0.25, 0.3) is 0 Å². The molecule has 0 aromatic carbocycles. The van der Waals surface area contributed by atoms with Crippen LogP contribution in [0.5, 0.6) is 0 Å². The molecule has 0 aliphatic rings. The van der Waals surface area contributed by atoms with Crippen molar-refractivity contribution in [1.82, 2.24) is 4.40 Å². The van der Waals surface area contributed by atoms with E-state index >= 15 is 0 Å². The van der Waals surface area contributed by atoms with Gasteiger partial charge in [-0.15, -0.1) is 0 Å². The van der Waals surface area contributed by atoms with Crippen molar-refractivity contribution in [3.63, 3.8) is 0 Å². The van der Waals surface area contributed by atoms with Gasteiger partial charge in [-0.25, -0.2) is 0 Å². The molecule has 0 spiro atoms. The summed E-state index contributed by atoms with van der Waals surface area (Å²) in [5, 5.41) is 0. The minimum absolute atomic E-state index is 1.10. The fourth-order valence-corrected chi connectivity index (χ4v) is 1.51. The second kappa shape index (κ2) is 2.67. The molecule has 2 aromatic heterocycles. The third kappa shape index (κ3) is 1.11. The molecule has 1 heteroatoms. The number of fused-ring (bicyclic) bond motifs is 1. The van der Waals surface area contributed by atoms with E-state index in [1.807, 2.05) is 0 Å². The van der Waals surface area contributed by atoms with Crippen LogP contribution >= 0.6 is 0 Å². The van der Waals surface area contributed by atoms with Crippen LogP contribution in [0, 0.1) is 6.92 Å². The maximum Gasteiger partial charge on any atom is 0.0452 e. The van der Waals surface area contributed by atoms with Crippen LogP contribution in [0.4, 0.5) is 0 Å². The van der Waals surface area contributed by atoms with Crippen molar-refractivity contribution in [2.24, 2.45) is 0 Å². The average Bonchev–Trinajstić information content (AvgIpc) is 2.43. The van der Waals surface area contributed by atoms with Crippen molar-refractivity contribution in [2.75, 3.05) is 0 Å². The van der Waals surface area contributed by atoms with E-state index in [2.05, 4.69) is 48.8 Å². The van der Waals surface area contributed by atoms with Gasteiger partial charge in [-0.05, 0) is 36.6 Å². The summed E-state index contributed by atoms with van der Waals surface area (Å²) < 4.78 is 2.19. The number of aromatic nitrogens is 1. The molecule has 1 nitrogen and oxygen atoms in total. The summed E-state index contributed by atoms with van der Waals surface area (Å²) in [5.74, 6) is 0. The molecular formula is C11H13N. The van der Waals surface area contributed by atoms with Gasteiger partial charge in [0, 0.05) is 17.9 Å².